The van der Waals surface area contributed by atoms with Gasteiger partial charge in [0.2, 0.25) is 15.9 Å². The molecule has 0 unspecified atom stereocenters. The second-order valence-corrected chi connectivity index (χ2v) is 9.36. The average molecular weight is 444 g/mol. The molecule has 3 aromatic rings. The maximum Gasteiger partial charge on any atom is 0.340 e. The molecule has 0 spiro atoms. The molecule has 31 heavy (non-hydrogen) atoms. The zero-order valence-corrected chi connectivity index (χ0v) is 18.6. The quantitative estimate of drug-likeness (QED) is 0.566. The second kappa shape index (κ2) is 8.91. The van der Waals surface area contributed by atoms with Crippen molar-refractivity contribution < 1.29 is 22.7 Å². The number of carbonyl (C=O) groups excluding carboxylic acids is 2. The second-order valence-electron chi connectivity index (χ2n) is 7.37. The van der Waals surface area contributed by atoms with Crippen LogP contribution in [-0.2, 0) is 26.1 Å². The minimum Gasteiger partial charge on any atom is -0.465 e. The predicted molar refractivity (Wildman–Crippen MR) is 118 cm³/mol. The number of methoxy groups -OCH3 is 1. The van der Waals surface area contributed by atoms with Crippen LogP contribution < -0.4 is 5.32 Å². The Kier molecular flexibility index (Phi) is 6.47. The van der Waals surface area contributed by atoms with Gasteiger partial charge < -0.3 is 14.6 Å². The van der Waals surface area contributed by atoms with E-state index < -0.39 is 16.0 Å². The molecule has 1 N–H and O–H groups in total. The molecule has 1 amide bonds. The number of rotatable bonds is 7. The highest BCUT2D eigenvalue weighted by Crippen LogP contribution is 2.23. The van der Waals surface area contributed by atoms with Gasteiger partial charge in [0.05, 0.1) is 17.6 Å². The van der Waals surface area contributed by atoms with Crippen LogP contribution in [0.2, 0.25) is 0 Å². The molecule has 1 aromatic heterocycles. The fourth-order valence-electron chi connectivity index (χ4n) is 3.16. The standard InChI is InChI=1S/C22H25N3O5S/c1-15(2)24(3)31(28,29)17-11-9-16(10-12-17)23-21(26)14-25-13-19(22(27)30-4)18-7-5-6-8-20(18)25/h5-13,15H,14H2,1-4H3,(H,23,26). The van der Waals surface area contributed by atoms with Gasteiger partial charge in [-0.2, -0.15) is 4.31 Å². The molecule has 0 radical (unpaired) electrons. The van der Waals surface area contributed by atoms with Crippen LogP contribution in [0.25, 0.3) is 10.9 Å². The van der Waals surface area contributed by atoms with E-state index in [1.54, 1.807) is 42.8 Å². The van der Waals surface area contributed by atoms with Gasteiger partial charge in [0.15, 0.2) is 0 Å². The summed E-state index contributed by atoms with van der Waals surface area (Å²) in [5.41, 5.74) is 1.59. The number of carbonyl (C=O) groups is 2. The van der Waals surface area contributed by atoms with Gasteiger partial charge in [0.25, 0.3) is 0 Å². The average Bonchev–Trinajstić information content (AvgIpc) is 3.11. The Bertz CT molecular complexity index is 1210. The van der Waals surface area contributed by atoms with Crippen molar-refractivity contribution in [1.82, 2.24) is 8.87 Å². The van der Waals surface area contributed by atoms with Crippen LogP contribution >= 0.6 is 0 Å². The van der Waals surface area contributed by atoms with Gasteiger partial charge in [-0.05, 0) is 44.2 Å². The first-order valence-corrected chi connectivity index (χ1v) is 11.1. The number of nitrogens with zero attached hydrogens (tertiary/aromatic N) is 2. The Morgan fingerprint density at radius 3 is 2.35 bits per heavy atom. The Morgan fingerprint density at radius 1 is 1.10 bits per heavy atom. The van der Waals surface area contributed by atoms with Gasteiger partial charge in [-0.3, -0.25) is 4.79 Å². The van der Waals surface area contributed by atoms with Crippen molar-refractivity contribution in [1.29, 1.82) is 0 Å². The monoisotopic (exact) mass is 443 g/mol. The van der Waals surface area contributed by atoms with Gasteiger partial charge in [0, 0.05) is 35.9 Å². The SMILES string of the molecule is COC(=O)c1cn(CC(=O)Nc2ccc(S(=O)(=O)N(C)C(C)C)cc2)c2ccccc12. The fraction of sp³-hybridized carbons (Fsp3) is 0.273. The van der Waals surface area contributed by atoms with E-state index in [4.69, 9.17) is 4.74 Å². The number of hydrogen-bond acceptors (Lipinski definition) is 5. The van der Waals surface area contributed by atoms with Gasteiger partial charge in [-0.15, -0.1) is 0 Å². The van der Waals surface area contributed by atoms with Crippen LogP contribution in [0.4, 0.5) is 5.69 Å². The minimum atomic E-state index is -3.59. The minimum absolute atomic E-state index is 0.0202. The molecule has 0 fully saturated rings. The molecule has 3 rings (SSSR count). The topological polar surface area (TPSA) is 97.7 Å². The number of fused-ring (bicyclic) bond motifs is 1. The van der Waals surface area contributed by atoms with Gasteiger partial charge >= 0.3 is 5.97 Å². The van der Waals surface area contributed by atoms with Gasteiger partial charge in [0.1, 0.15) is 6.54 Å². The van der Waals surface area contributed by atoms with Crippen molar-refractivity contribution in [3.8, 4) is 0 Å². The molecule has 8 nitrogen and oxygen atoms in total. The lowest BCUT2D eigenvalue weighted by Crippen LogP contribution is -2.33. The number of sulfonamides is 1. The Morgan fingerprint density at radius 2 is 1.74 bits per heavy atom. The highest BCUT2D eigenvalue weighted by molar-refractivity contribution is 7.89. The number of para-hydroxylation sites is 1. The van der Waals surface area contributed by atoms with Crippen LogP contribution in [0.5, 0.6) is 0 Å². The van der Waals surface area contributed by atoms with Crippen molar-refractivity contribution in [2.75, 3.05) is 19.5 Å². The summed E-state index contributed by atoms with van der Waals surface area (Å²) in [5.74, 6) is -0.786. The fourth-order valence-corrected chi connectivity index (χ4v) is 4.53. The van der Waals surface area contributed by atoms with Crippen LogP contribution in [0.15, 0.2) is 59.6 Å². The number of nitrogens with one attached hydrogen (secondary N) is 1. The molecule has 0 bridgehead atoms. The normalized spacial score (nSPS) is 11.8. The summed E-state index contributed by atoms with van der Waals surface area (Å²) in [4.78, 5) is 24.8. The first kappa shape index (κ1) is 22.5. The van der Waals surface area contributed by atoms with E-state index in [0.717, 1.165) is 5.52 Å². The maximum absolute atomic E-state index is 12.6. The van der Waals surface area contributed by atoms with E-state index in [2.05, 4.69) is 5.32 Å². The number of aromatic nitrogens is 1. The van der Waals surface area contributed by atoms with Crippen LogP contribution in [0, 0.1) is 0 Å². The third-order valence-electron chi connectivity index (χ3n) is 5.05. The van der Waals surface area contributed by atoms with Crippen molar-refractivity contribution >= 4 is 38.5 Å². The molecular formula is C22H25N3O5S. The van der Waals surface area contributed by atoms with Crippen LogP contribution in [-0.4, -0.2) is 49.4 Å². The van der Waals surface area contributed by atoms with E-state index >= 15 is 0 Å². The summed E-state index contributed by atoms with van der Waals surface area (Å²) in [6.07, 6.45) is 1.59. The first-order valence-electron chi connectivity index (χ1n) is 9.69. The lowest BCUT2D eigenvalue weighted by atomic mass is 10.2. The lowest BCUT2D eigenvalue weighted by Gasteiger charge is -2.21. The molecule has 0 aliphatic carbocycles. The zero-order valence-electron chi connectivity index (χ0n) is 17.8. The number of benzene rings is 2. The molecule has 9 heteroatoms. The summed E-state index contributed by atoms with van der Waals surface area (Å²) in [7, 11) is -0.755. The Labute approximate surface area is 181 Å². The summed E-state index contributed by atoms with van der Waals surface area (Å²) in [6.45, 7) is 3.57. The molecule has 0 saturated heterocycles. The number of esters is 1. The lowest BCUT2D eigenvalue weighted by molar-refractivity contribution is -0.116. The van der Waals surface area contributed by atoms with E-state index in [-0.39, 0.29) is 23.4 Å². The summed E-state index contributed by atoms with van der Waals surface area (Å²) in [6, 6.07) is 13.1. The number of anilines is 1. The maximum atomic E-state index is 12.6. The molecule has 0 saturated carbocycles. The molecule has 2 aromatic carbocycles. The van der Waals surface area contributed by atoms with Crippen molar-refractivity contribution in [2.24, 2.45) is 0 Å². The largest absolute Gasteiger partial charge is 0.465 e. The van der Waals surface area contributed by atoms with Gasteiger partial charge in [-0.25, -0.2) is 13.2 Å². The van der Waals surface area contributed by atoms with Gasteiger partial charge in [-0.1, -0.05) is 18.2 Å². The Hall–Kier alpha value is -3.17. The van der Waals surface area contributed by atoms with Crippen LogP contribution in [0.3, 0.4) is 0 Å². The van der Waals surface area contributed by atoms with E-state index in [1.807, 2.05) is 18.2 Å². The van der Waals surface area contributed by atoms with E-state index in [1.165, 1.54) is 30.6 Å². The first-order chi connectivity index (χ1) is 14.6. The highest BCUT2D eigenvalue weighted by atomic mass is 32.2. The number of ether oxygens (including phenoxy) is 1. The van der Waals surface area contributed by atoms with E-state index in [9.17, 15) is 18.0 Å². The summed E-state index contributed by atoms with van der Waals surface area (Å²) in [5, 5.41) is 3.45. The van der Waals surface area contributed by atoms with Crippen molar-refractivity contribution in [2.45, 2.75) is 31.3 Å². The number of hydrogen-bond donors (Lipinski definition) is 1. The molecular weight excluding hydrogens is 418 g/mol. The summed E-state index contributed by atoms with van der Waals surface area (Å²) >= 11 is 0. The van der Waals surface area contributed by atoms with Crippen molar-refractivity contribution in [3.63, 3.8) is 0 Å². The molecule has 0 aliphatic rings. The predicted octanol–water partition coefficient (Wildman–Crippen LogP) is 3.10. The molecule has 0 aliphatic heterocycles. The third kappa shape index (κ3) is 4.62. The number of amides is 1. The molecule has 1 heterocycles. The summed E-state index contributed by atoms with van der Waals surface area (Å²) < 4.78 is 32.9. The smallest absolute Gasteiger partial charge is 0.340 e. The highest BCUT2D eigenvalue weighted by Gasteiger charge is 2.23. The zero-order chi connectivity index (χ0) is 22.8. The molecule has 164 valence electrons. The Balaban J connectivity index is 1.77. The van der Waals surface area contributed by atoms with Crippen molar-refractivity contribution in [3.05, 3.63) is 60.3 Å². The van der Waals surface area contributed by atoms with E-state index in [0.29, 0.717) is 16.6 Å². The molecule has 0 atom stereocenters. The van der Waals surface area contributed by atoms with Crippen LogP contribution in [0.1, 0.15) is 24.2 Å². The third-order valence-corrected chi connectivity index (χ3v) is 7.10.